The van der Waals surface area contributed by atoms with Crippen molar-refractivity contribution < 1.29 is 23.9 Å². The zero-order chi connectivity index (χ0) is 27.6. The molecule has 1 aromatic carbocycles. The third-order valence-corrected chi connectivity index (χ3v) is 6.69. The number of nitrogens with zero attached hydrogens (tertiary/aromatic N) is 1. The molecule has 0 aliphatic heterocycles. The summed E-state index contributed by atoms with van der Waals surface area (Å²) >= 11 is 0. The first-order chi connectivity index (χ1) is 16.8. The van der Waals surface area contributed by atoms with Gasteiger partial charge in [0.25, 0.3) is 0 Å². The molecule has 0 unspecified atom stereocenters. The summed E-state index contributed by atoms with van der Waals surface area (Å²) in [6, 6.07) is 7.87. The molecule has 0 fully saturated rings. The van der Waals surface area contributed by atoms with Crippen LogP contribution in [0, 0.1) is 5.92 Å². The normalized spacial score (nSPS) is 15.6. The Morgan fingerprint density at radius 3 is 2.17 bits per heavy atom. The molecular formula is C28H45N3O5. The number of esters is 1. The first-order valence-electron chi connectivity index (χ1n) is 12.5. The Bertz CT molecular complexity index is 898. The molecule has 0 aromatic heterocycles. The van der Waals surface area contributed by atoms with Gasteiger partial charge in [0.05, 0.1) is 24.8 Å². The number of nitrogens with one attached hydrogen (secondary N) is 2. The number of methoxy groups -OCH3 is 1. The second-order valence-electron chi connectivity index (χ2n) is 9.99. The Kier molecular flexibility index (Phi) is 12.3. The van der Waals surface area contributed by atoms with Gasteiger partial charge in [-0.25, -0.2) is 4.79 Å². The summed E-state index contributed by atoms with van der Waals surface area (Å²) in [5, 5.41) is 6.06. The molecular weight excluding hydrogens is 458 g/mol. The van der Waals surface area contributed by atoms with E-state index in [4.69, 9.17) is 9.47 Å². The van der Waals surface area contributed by atoms with Gasteiger partial charge in [-0.05, 0) is 39.3 Å². The first kappa shape index (κ1) is 31.3. The SMILES string of the molecule is CCOC(=O)/C(C)=C/[C@H](C(C)C)N(C)C(=O)[C@@H](NC(=O)[C@@H](NC)C(C)(C)c1ccccc1)[C@H](C)OC. The Labute approximate surface area is 216 Å². The number of carbonyl (C=O) groups excluding carboxylic acids is 3. The minimum absolute atomic E-state index is 0.0135. The lowest BCUT2D eigenvalue weighted by Crippen LogP contribution is -2.61. The van der Waals surface area contributed by atoms with Gasteiger partial charge in [0.15, 0.2) is 0 Å². The van der Waals surface area contributed by atoms with E-state index in [1.54, 1.807) is 45.8 Å². The van der Waals surface area contributed by atoms with Gasteiger partial charge >= 0.3 is 5.97 Å². The van der Waals surface area contributed by atoms with Crippen molar-refractivity contribution >= 4 is 17.8 Å². The van der Waals surface area contributed by atoms with Crippen molar-refractivity contribution in [2.75, 3.05) is 27.8 Å². The summed E-state index contributed by atoms with van der Waals surface area (Å²) < 4.78 is 10.6. The summed E-state index contributed by atoms with van der Waals surface area (Å²) in [6.07, 6.45) is 1.16. The topological polar surface area (TPSA) is 97.0 Å². The second-order valence-corrected chi connectivity index (χ2v) is 9.99. The molecule has 0 spiro atoms. The fourth-order valence-electron chi connectivity index (χ4n) is 4.29. The van der Waals surface area contributed by atoms with Gasteiger partial charge in [-0.2, -0.15) is 0 Å². The number of benzene rings is 1. The molecule has 0 saturated heterocycles. The Balaban J connectivity index is 3.25. The summed E-state index contributed by atoms with van der Waals surface area (Å²) in [6.45, 7) is 13.4. The monoisotopic (exact) mass is 503 g/mol. The van der Waals surface area contributed by atoms with Gasteiger partial charge in [0, 0.05) is 25.1 Å². The van der Waals surface area contributed by atoms with Crippen molar-refractivity contribution in [1.82, 2.24) is 15.5 Å². The molecule has 0 aliphatic carbocycles. The maximum atomic E-state index is 13.7. The fraction of sp³-hybridized carbons (Fsp3) is 0.607. The van der Waals surface area contributed by atoms with Crippen LogP contribution < -0.4 is 10.6 Å². The van der Waals surface area contributed by atoms with E-state index in [1.165, 1.54) is 7.11 Å². The largest absolute Gasteiger partial charge is 0.463 e. The third kappa shape index (κ3) is 7.90. The quantitative estimate of drug-likeness (QED) is 0.317. The molecule has 4 atom stereocenters. The van der Waals surface area contributed by atoms with E-state index in [2.05, 4.69) is 10.6 Å². The van der Waals surface area contributed by atoms with Crippen LogP contribution in [0.1, 0.15) is 54.0 Å². The van der Waals surface area contributed by atoms with E-state index < -0.39 is 29.6 Å². The molecule has 1 aromatic rings. The van der Waals surface area contributed by atoms with Crippen molar-refractivity contribution in [3.63, 3.8) is 0 Å². The summed E-state index contributed by atoms with van der Waals surface area (Å²) in [7, 11) is 4.91. The summed E-state index contributed by atoms with van der Waals surface area (Å²) in [5.74, 6) is -1.02. The van der Waals surface area contributed by atoms with Gasteiger partial charge in [-0.1, -0.05) is 64.1 Å². The van der Waals surface area contributed by atoms with Crippen molar-refractivity contribution in [2.45, 2.75) is 78.1 Å². The minimum atomic E-state index is -0.924. The lowest BCUT2D eigenvalue weighted by Gasteiger charge is -2.37. The predicted octanol–water partition coefficient (Wildman–Crippen LogP) is 3.06. The van der Waals surface area contributed by atoms with Crippen LogP contribution in [0.25, 0.3) is 0 Å². The predicted molar refractivity (Wildman–Crippen MR) is 143 cm³/mol. The van der Waals surface area contributed by atoms with Crippen LogP contribution in [-0.2, 0) is 29.3 Å². The van der Waals surface area contributed by atoms with Crippen molar-refractivity contribution in [3.8, 4) is 0 Å². The molecule has 0 radical (unpaired) electrons. The highest BCUT2D eigenvalue weighted by Crippen LogP contribution is 2.27. The smallest absolute Gasteiger partial charge is 0.333 e. The molecule has 202 valence electrons. The van der Waals surface area contributed by atoms with Crippen molar-refractivity contribution in [2.24, 2.45) is 5.92 Å². The number of likely N-dealkylation sites (N-methyl/N-ethyl adjacent to an activating group) is 2. The molecule has 0 aliphatic rings. The zero-order valence-electron chi connectivity index (χ0n) is 23.5. The second kappa shape index (κ2) is 14.1. The zero-order valence-corrected chi connectivity index (χ0v) is 23.5. The Morgan fingerprint density at radius 1 is 1.11 bits per heavy atom. The number of carbonyl (C=O) groups is 3. The summed E-state index contributed by atoms with van der Waals surface area (Å²) in [4.78, 5) is 40.9. The van der Waals surface area contributed by atoms with Crippen LogP contribution in [0.3, 0.4) is 0 Å². The van der Waals surface area contributed by atoms with E-state index in [0.29, 0.717) is 5.57 Å². The molecule has 0 bridgehead atoms. The van der Waals surface area contributed by atoms with Gasteiger partial charge < -0.3 is 25.0 Å². The molecule has 0 saturated carbocycles. The van der Waals surface area contributed by atoms with Gasteiger partial charge in [-0.3, -0.25) is 9.59 Å². The minimum Gasteiger partial charge on any atom is -0.463 e. The lowest BCUT2D eigenvalue weighted by molar-refractivity contribution is -0.141. The van der Waals surface area contributed by atoms with Crippen LogP contribution in [0.15, 0.2) is 42.0 Å². The summed E-state index contributed by atoms with van der Waals surface area (Å²) in [5.41, 5.74) is 0.879. The Hall–Kier alpha value is -2.71. The number of amides is 2. The standard InChI is InChI=1S/C28H45N3O5/c1-11-36-27(34)19(4)17-22(18(2)3)31(9)26(33)23(20(5)35-10)30-25(32)24(29-8)28(6,7)21-15-13-12-14-16-21/h12-18,20,22-24,29H,11H2,1-10H3,(H,30,32)/b19-17+/t20-,22+,23-,24+/m0/s1. The van der Waals surface area contributed by atoms with E-state index >= 15 is 0 Å². The van der Waals surface area contributed by atoms with Crippen LogP contribution in [-0.4, -0.2) is 74.7 Å². The highest BCUT2D eigenvalue weighted by molar-refractivity contribution is 5.91. The van der Waals surface area contributed by atoms with Crippen LogP contribution in [0.5, 0.6) is 0 Å². The first-order valence-corrected chi connectivity index (χ1v) is 12.5. The molecule has 8 nitrogen and oxygen atoms in total. The average Bonchev–Trinajstić information content (AvgIpc) is 2.85. The lowest BCUT2D eigenvalue weighted by atomic mass is 9.77. The van der Waals surface area contributed by atoms with Crippen molar-refractivity contribution in [3.05, 3.63) is 47.5 Å². The molecule has 2 amide bonds. The molecule has 8 heteroatoms. The number of hydrogen-bond acceptors (Lipinski definition) is 6. The third-order valence-electron chi connectivity index (χ3n) is 6.69. The van der Waals surface area contributed by atoms with Gasteiger partial charge in [0.1, 0.15) is 6.04 Å². The van der Waals surface area contributed by atoms with Crippen LogP contribution in [0.4, 0.5) is 0 Å². The van der Waals surface area contributed by atoms with Crippen molar-refractivity contribution in [1.29, 1.82) is 0 Å². The maximum Gasteiger partial charge on any atom is 0.333 e. The van der Waals surface area contributed by atoms with Crippen LogP contribution >= 0.6 is 0 Å². The molecule has 0 heterocycles. The average molecular weight is 504 g/mol. The molecule has 36 heavy (non-hydrogen) atoms. The highest BCUT2D eigenvalue weighted by Gasteiger charge is 2.39. The number of ether oxygens (including phenoxy) is 2. The van der Waals surface area contributed by atoms with Gasteiger partial charge in [-0.15, -0.1) is 0 Å². The number of rotatable bonds is 13. The van der Waals surface area contributed by atoms with Crippen LogP contribution in [0.2, 0.25) is 0 Å². The molecule has 2 N–H and O–H groups in total. The molecule has 1 rings (SSSR count). The fourth-order valence-corrected chi connectivity index (χ4v) is 4.29. The van der Waals surface area contributed by atoms with E-state index in [9.17, 15) is 14.4 Å². The number of hydrogen-bond donors (Lipinski definition) is 2. The van der Waals surface area contributed by atoms with E-state index in [-0.39, 0.29) is 30.4 Å². The highest BCUT2D eigenvalue weighted by atomic mass is 16.5. The maximum absolute atomic E-state index is 13.7. The van der Waals surface area contributed by atoms with Gasteiger partial charge in [0.2, 0.25) is 11.8 Å². The Morgan fingerprint density at radius 2 is 1.69 bits per heavy atom. The van der Waals surface area contributed by atoms with E-state index in [0.717, 1.165) is 5.56 Å². The van der Waals surface area contributed by atoms with E-state index in [1.807, 2.05) is 58.0 Å².